The van der Waals surface area contributed by atoms with Crippen LogP contribution in [0.15, 0.2) is 72.9 Å². The maximum absolute atomic E-state index is 12.2. The number of hydrogen-bond donors (Lipinski definition) is 2. The van der Waals surface area contributed by atoms with E-state index in [4.69, 9.17) is 0 Å². The molecule has 0 bridgehead atoms. The smallest absolute Gasteiger partial charge is 0.256 e. The second-order valence-corrected chi connectivity index (χ2v) is 7.21. The molecule has 1 amide bonds. The number of nitrogens with zero attached hydrogens (tertiary/aromatic N) is 3. The van der Waals surface area contributed by atoms with Crippen LogP contribution in [0.3, 0.4) is 0 Å². The van der Waals surface area contributed by atoms with Crippen molar-refractivity contribution in [2.45, 2.75) is 0 Å². The Labute approximate surface area is 171 Å². The minimum atomic E-state index is -0.168. The Morgan fingerprint density at radius 2 is 1.55 bits per heavy atom. The average molecular weight is 387 g/mol. The summed E-state index contributed by atoms with van der Waals surface area (Å²) in [6.07, 6.45) is 1.72. The van der Waals surface area contributed by atoms with Gasteiger partial charge in [0.15, 0.2) is 0 Å². The number of aromatic nitrogens is 1. The van der Waals surface area contributed by atoms with Gasteiger partial charge >= 0.3 is 0 Å². The minimum Gasteiger partial charge on any atom is -0.369 e. The second kappa shape index (κ2) is 8.75. The molecule has 1 saturated heterocycles. The summed E-state index contributed by atoms with van der Waals surface area (Å²) in [6.45, 7) is 4.31. The third-order valence-electron chi connectivity index (χ3n) is 5.07. The number of likely N-dealkylation sites (N-methyl/N-ethyl adjacent to an activating group) is 1. The topological polar surface area (TPSA) is 60.5 Å². The third kappa shape index (κ3) is 4.92. The summed E-state index contributed by atoms with van der Waals surface area (Å²) in [5.74, 6) is 0.355. The van der Waals surface area contributed by atoms with E-state index in [1.54, 1.807) is 24.4 Å². The van der Waals surface area contributed by atoms with Crippen LogP contribution in [0.1, 0.15) is 10.4 Å². The first-order chi connectivity index (χ1) is 14.2. The van der Waals surface area contributed by atoms with E-state index in [0.717, 1.165) is 37.6 Å². The quantitative estimate of drug-likeness (QED) is 0.697. The lowest BCUT2D eigenvalue weighted by Gasteiger charge is -2.34. The fourth-order valence-corrected chi connectivity index (χ4v) is 3.31. The molecule has 1 fully saturated rings. The van der Waals surface area contributed by atoms with Crippen LogP contribution in [0.25, 0.3) is 0 Å². The SMILES string of the molecule is CN1CCN(c2ccc(Nc3ccc(NC(=O)c4ccccc4)nc3)cc2)CC1. The molecular weight excluding hydrogens is 362 g/mol. The number of nitrogens with one attached hydrogen (secondary N) is 2. The third-order valence-corrected chi connectivity index (χ3v) is 5.07. The van der Waals surface area contributed by atoms with Gasteiger partial charge in [-0.1, -0.05) is 18.2 Å². The Morgan fingerprint density at radius 3 is 2.21 bits per heavy atom. The van der Waals surface area contributed by atoms with Crippen LogP contribution in [0.4, 0.5) is 22.9 Å². The van der Waals surface area contributed by atoms with Gasteiger partial charge in [0.05, 0.1) is 11.9 Å². The maximum Gasteiger partial charge on any atom is 0.256 e. The Bertz CT molecular complexity index is 933. The molecule has 1 aliphatic rings. The molecule has 0 aliphatic carbocycles. The van der Waals surface area contributed by atoms with Gasteiger partial charge in [-0.25, -0.2) is 4.98 Å². The highest BCUT2D eigenvalue weighted by Gasteiger charge is 2.14. The molecule has 2 aromatic carbocycles. The van der Waals surface area contributed by atoms with Crippen molar-refractivity contribution < 1.29 is 4.79 Å². The summed E-state index contributed by atoms with van der Waals surface area (Å²) < 4.78 is 0. The molecule has 1 aliphatic heterocycles. The number of rotatable bonds is 5. The molecule has 29 heavy (non-hydrogen) atoms. The highest BCUT2D eigenvalue weighted by molar-refractivity contribution is 6.03. The summed E-state index contributed by atoms with van der Waals surface area (Å²) in [5.41, 5.74) is 3.73. The number of pyridine rings is 1. The molecule has 0 radical (unpaired) electrons. The van der Waals surface area contributed by atoms with E-state index in [0.29, 0.717) is 11.4 Å². The van der Waals surface area contributed by atoms with Crippen molar-refractivity contribution in [1.29, 1.82) is 0 Å². The molecular formula is C23H25N5O. The van der Waals surface area contributed by atoms with Gasteiger partial charge in [0.25, 0.3) is 5.91 Å². The van der Waals surface area contributed by atoms with Crippen molar-refractivity contribution >= 4 is 28.8 Å². The van der Waals surface area contributed by atoms with Gasteiger partial charge < -0.3 is 20.4 Å². The molecule has 2 heterocycles. The van der Waals surface area contributed by atoms with Crippen molar-refractivity contribution in [3.63, 3.8) is 0 Å². The normalized spacial score (nSPS) is 14.4. The van der Waals surface area contributed by atoms with E-state index >= 15 is 0 Å². The molecule has 1 aromatic heterocycles. The van der Waals surface area contributed by atoms with Gasteiger partial charge in [-0.3, -0.25) is 4.79 Å². The Morgan fingerprint density at radius 1 is 0.862 bits per heavy atom. The lowest BCUT2D eigenvalue weighted by Crippen LogP contribution is -2.44. The number of anilines is 4. The average Bonchev–Trinajstić information content (AvgIpc) is 2.77. The van der Waals surface area contributed by atoms with Crippen LogP contribution >= 0.6 is 0 Å². The largest absolute Gasteiger partial charge is 0.369 e. The van der Waals surface area contributed by atoms with E-state index in [9.17, 15) is 4.79 Å². The molecule has 0 atom stereocenters. The summed E-state index contributed by atoms with van der Waals surface area (Å²) in [7, 11) is 2.16. The highest BCUT2D eigenvalue weighted by Crippen LogP contribution is 2.22. The van der Waals surface area contributed by atoms with Crippen LogP contribution in [-0.4, -0.2) is 49.0 Å². The minimum absolute atomic E-state index is 0.168. The molecule has 0 spiro atoms. The standard InChI is InChI=1S/C23H25N5O/c1-27-13-15-28(16-14-27)21-10-7-19(8-11-21)25-20-9-12-22(24-17-20)26-23(29)18-5-3-2-4-6-18/h2-12,17,25H,13-16H2,1H3,(H,24,26,29). The summed E-state index contributed by atoms with van der Waals surface area (Å²) >= 11 is 0. The van der Waals surface area contributed by atoms with E-state index in [2.05, 4.69) is 56.7 Å². The van der Waals surface area contributed by atoms with Crippen molar-refractivity contribution in [2.24, 2.45) is 0 Å². The first-order valence-electron chi connectivity index (χ1n) is 9.80. The van der Waals surface area contributed by atoms with E-state index in [-0.39, 0.29) is 5.91 Å². The molecule has 0 saturated carbocycles. The number of benzene rings is 2. The second-order valence-electron chi connectivity index (χ2n) is 7.21. The van der Waals surface area contributed by atoms with E-state index < -0.39 is 0 Å². The molecule has 6 heteroatoms. The molecule has 6 nitrogen and oxygen atoms in total. The number of carbonyl (C=O) groups excluding carboxylic acids is 1. The molecule has 2 N–H and O–H groups in total. The summed E-state index contributed by atoms with van der Waals surface area (Å²) in [4.78, 5) is 21.3. The van der Waals surface area contributed by atoms with Gasteiger partial charge in [-0.15, -0.1) is 0 Å². The van der Waals surface area contributed by atoms with Gasteiger partial charge in [-0.05, 0) is 55.6 Å². The molecule has 3 aromatic rings. The van der Waals surface area contributed by atoms with Crippen LogP contribution in [0.5, 0.6) is 0 Å². The number of hydrogen-bond acceptors (Lipinski definition) is 5. The zero-order chi connectivity index (χ0) is 20.1. The van der Waals surface area contributed by atoms with Gasteiger partial charge in [0.2, 0.25) is 0 Å². The maximum atomic E-state index is 12.2. The van der Waals surface area contributed by atoms with Gasteiger partial charge in [0, 0.05) is 43.1 Å². The van der Waals surface area contributed by atoms with Crippen molar-refractivity contribution in [1.82, 2.24) is 9.88 Å². The first kappa shape index (κ1) is 19.0. The number of amides is 1. The van der Waals surface area contributed by atoms with Gasteiger partial charge in [0.1, 0.15) is 5.82 Å². The highest BCUT2D eigenvalue weighted by atomic mass is 16.1. The Kier molecular flexibility index (Phi) is 5.72. The number of piperazine rings is 1. The monoisotopic (exact) mass is 387 g/mol. The summed E-state index contributed by atoms with van der Waals surface area (Å²) in [5, 5.41) is 6.16. The lowest BCUT2D eigenvalue weighted by atomic mass is 10.2. The van der Waals surface area contributed by atoms with Crippen LogP contribution < -0.4 is 15.5 Å². The first-order valence-corrected chi connectivity index (χ1v) is 9.80. The fourth-order valence-electron chi connectivity index (χ4n) is 3.31. The van der Waals surface area contributed by atoms with Crippen molar-refractivity contribution in [3.05, 3.63) is 78.5 Å². The predicted octanol–water partition coefficient (Wildman–Crippen LogP) is 3.83. The van der Waals surface area contributed by atoms with Crippen molar-refractivity contribution in [3.8, 4) is 0 Å². The zero-order valence-electron chi connectivity index (χ0n) is 16.5. The Hall–Kier alpha value is -3.38. The predicted molar refractivity (Wildman–Crippen MR) is 118 cm³/mol. The van der Waals surface area contributed by atoms with Crippen LogP contribution in [0.2, 0.25) is 0 Å². The number of carbonyl (C=O) groups is 1. The van der Waals surface area contributed by atoms with Gasteiger partial charge in [-0.2, -0.15) is 0 Å². The van der Waals surface area contributed by atoms with Crippen LogP contribution in [0, 0.1) is 0 Å². The van der Waals surface area contributed by atoms with Crippen LogP contribution in [-0.2, 0) is 0 Å². The molecule has 4 rings (SSSR count). The Balaban J connectivity index is 1.34. The fraction of sp³-hybridized carbons (Fsp3) is 0.217. The van der Waals surface area contributed by atoms with E-state index in [1.165, 1.54) is 5.69 Å². The molecule has 0 unspecified atom stereocenters. The van der Waals surface area contributed by atoms with Crippen molar-refractivity contribution in [2.75, 3.05) is 48.8 Å². The lowest BCUT2D eigenvalue weighted by molar-refractivity contribution is 0.102. The zero-order valence-corrected chi connectivity index (χ0v) is 16.5. The molecule has 148 valence electrons. The van der Waals surface area contributed by atoms with E-state index in [1.807, 2.05) is 24.3 Å². The summed E-state index contributed by atoms with van der Waals surface area (Å²) in [6, 6.07) is 21.3.